The van der Waals surface area contributed by atoms with Gasteiger partial charge in [0.15, 0.2) is 0 Å². The molecular formula is C13H15NO. The third-order valence-electron chi connectivity index (χ3n) is 2.68. The van der Waals surface area contributed by atoms with Crippen LogP contribution in [0.2, 0.25) is 0 Å². The van der Waals surface area contributed by atoms with E-state index in [0.717, 1.165) is 23.4 Å². The lowest BCUT2D eigenvalue weighted by molar-refractivity contribution is 0.391. The fraction of sp³-hybridized carbons (Fsp3) is 0.308. The molecule has 0 atom stereocenters. The summed E-state index contributed by atoms with van der Waals surface area (Å²) in [6.45, 7) is 6.17. The Morgan fingerprint density at radius 1 is 1.20 bits per heavy atom. The van der Waals surface area contributed by atoms with Gasteiger partial charge in [0.1, 0.15) is 5.76 Å². The largest absolute Gasteiger partial charge is 0.361 e. The van der Waals surface area contributed by atoms with Crippen LogP contribution >= 0.6 is 0 Å². The molecule has 15 heavy (non-hydrogen) atoms. The van der Waals surface area contributed by atoms with Gasteiger partial charge in [0.05, 0.1) is 5.69 Å². The minimum atomic E-state index is 0.904. The molecule has 0 amide bonds. The summed E-state index contributed by atoms with van der Waals surface area (Å²) in [5.74, 6) is 0.904. The first-order chi connectivity index (χ1) is 7.24. The molecule has 1 aromatic heterocycles. The van der Waals surface area contributed by atoms with Crippen molar-refractivity contribution in [1.82, 2.24) is 5.16 Å². The summed E-state index contributed by atoms with van der Waals surface area (Å²) in [6, 6.07) is 8.33. The van der Waals surface area contributed by atoms with Crippen molar-refractivity contribution in [3.63, 3.8) is 0 Å². The molecule has 0 fully saturated rings. The highest BCUT2D eigenvalue weighted by Gasteiger charge is 2.14. The van der Waals surface area contributed by atoms with E-state index in [4.69, 9.17) is 4.52 Å². The van der Waals surface area contributed by atoms with Crippen LogP contribution in [0.5, 0.6) is 0 Å². The highest BCUT2D eigenvalue weighted by molar-refractivity contribution is 5.70. The lowest BCUT2D eigenvalue weighted by Gasteiger charge is -2.04. The van der Waals surface area contributed by atoms with Crippen molar-refractivity contribution in [2.24, 2.45) is 0 Å². The van der Waals surface area contributed by atoms with Crippen molar-refractivity contribution >= 4 is 0 Å². The second-order valence-corrected chi connectivity index (χ2v) is 3.73. The maximum absolute atomic E-state index is 5.25. The molecule has 2 aromatic rings. The standard InChI is InChI=1S/C13H15NO/c1-4-12-13(10(3)15-14-12)11-8-6-5-7-9(11)2/h5-8H,4H2,1-3H3. The van der Waals surface area contributed by atoms with Gasteiger partial charge >= 0.3 is 0 Å². The Bertz CT molecular complexity index is 471. The number of aromatic nitrogens is 1. The zero-order valence-electron chi connectivity index (χ0n) is 9.37. The molecule has 0 bridgehead atoms. The zero-order chi connectivity index (χ0) is 10.8. The smallest absolute Gasteiger partial charge is 0.141 e. The van der Waals surface area contributed by atoms with Gasteiger partial charge in [0.2, 0.25) is 0 Å². The van der Waals surface area contributed by atoms with Crippen LogP contribution in [0.1, 0.15) is 23.9 Å². The summed E-state index contributed by atoms with van der Waals surface area (Å²) < 4.78 is 5.25. The quantitative estimate of drug-likeness (QED) is 0.743. The van der Waals surface area contributed by atoms with Crippen LogP contribution in [-0.4, -0.2) is 5.16 Å². The fourth-order valence-electron chi connectivity index (χ4n) is 1.86. The summed E-state index contributed by atoms with van der Waals surface area (Å²) in [6.07, 6.45) is 0.904. The Kier molecular flexibility index (Phi) is 2.58. The van der Waals surface area contributed by atoms with Gasteiger partial charge in [-0.1, -0.05) is 36.3 Å². The maximum Gasteiger partial charge on any atom is 0.141 e. The van der Waals surface area contributed by atoms with E-state index in [9.17, 15) is 0 Å². The van der Waals surface area contributed by atoms with Crippen LogP contribution in [0.3, 0.4) is 0 Å². The van der Waals surface area contributed by atoms with Gasteiger partial charge < -0.3 is 4.52 Å². The molecule has 0 radical (unpaired) electrons. The Morgan fingerprint density at radius 3 is 2.60 bits per heavy atom. The van der Waals surface area contributed by atoms with E-state index in [2.05, 4.69) is 31.1 Å². The molecule has 0 spiro atoms. The van der Waals surface area contributed by atoms with Crippen molar-refractivity contribution in [3.8, 4) is 11.1 Å². The van der Waals surface area contributed by atoms with Crippen molar-refractivity contribution < 1.29 is 4.52 Å². The summed E-state index contributed by atoms with van der Waals surface area (Å²) >= 11 is 0. The zero-order valence-corrected chi connectivity index (χ0v) is 9.37. The van der Waals surface area contributed by atoms with Crippen LogP contribution in [0.25, 0.3) is 11.1 Å². The minimum absolute atomic E-state index is 0.904. The molecule has 0 aliphatic carbocycles. The Hall–Kier alpha value is -1.57. The third kappa shape index (κ3) is 1.67. The van der Waals surface area contributed by atoms with Crippen LogP contribution in [0.15, 0.2) is 28.8 Å². The third-order valence-corrected chi connectivity index (χ3v) is 2.68. The first kappa shape index (κ1) is 9.97. The van der Waals surface area contributed by atoms with Crippen molar-refractivity contribution in [3.05, 3.63) is 41.3 Å². The van der Waals surface area contributed by atoms with E-state index >= 15 is 0 Å². The maximum atomic E-state index is 5.25. The van der Waals surface area contributed by atoms with Gasteiger partial charge in [0, 0.05) is 5.56 Å². The predicted octanol–water partition coefficient (Wildman–Crippen LogP) is 3.52. The topological polar surface area (TPSA) is 26.0 Å². The van der Waals surface area contributed by atoms with E-state index in [1.807, 2.05) is 19.1 Å². The molecule has 1 heterocycles. The molecule has 0 N–H and O–H groups in total. The second kappa shape index (κ2) is 3.89. The van der Waals surface area contributed by atoms with E-state index < -0.39 is 0 Å². The molecule has 0 saturated carbocycles. The Morgan fingerprint density at radius 2 is 1.93 bits per heavy atom. The normalized spacial score (nSPS) is 10.6. The minimum Gasteiger partial charge on any atom is -0.361 e. The molecular weight excluding hydrogens is 186 g/mol. The molecule has 1 aromatic carbocycles. The SMILES string of the molecule is CCc1noc(C)c1-c1ccccc1C. The van der Waals surface area contributed by atoms with Crippen molar-refractivity contribution in [2.45, 2.75) is 27.2 Å². The number of benzene rings is 1. The summed E-state index contributed by atoms with van der Waals surface area (Å²) in [7, 11) is 0. The average Bonchev–Trinajstić information content (AvgIpc) is 2.60. The van der Waals surface area contributed by atoms with E-state index in [0.29, 0.717) is 0 Å². The number of hydrogen-bond acceptors (Lipinski definition) is 2. The van der Waals surface area contributed by atoms with Gasteiger partial charge in [-0.25, -0.2) is 0 Å². The Labute approximate surface area is 89.9 Å². The summed E-state index contributed by atoms with van der Waals surface area (Å²) in [5, 5.41) is 4.08. The van der Waals surface area contributed by atoms with Gasteiger partial charge in [-0.3, -0.25) is 0 Å². The van der Waals surface area contributed by atoms with E-state index in [-0.39, 0.29) is 0 Å². The summed E-state index contributed by atoms with van der Waals surface area (Å²) in [4.78, 5) is 0. The van der Waals surface area contributed by atoms with Crippen LogP contribution in [0, 0.1) is 13.8 Å². The van der Waals surface area contributed by atoms with Crippen molar-refractivity contribution in [1.29, 1.82) is 0 Å². The molecule has 0 saturated heterocycles. The molecule has 0 aliphatic heterocycles. The molecule has 2 nitrogen and oxygen atoms in total. The number of aryl methyl sites for hydroxylation is 3. The van der Waals surface area contributed by atoms with Crippen LogP contribution in [-0.2, 0) is 6.42 Å². The lowest BCUT2D eigenvalue weighted by atomic mass is 9.98. The monoisotopic (exact) mass is 201 g/mol. The van der Waals surface area contributed by atoms with Crippen molar-refractivity contribution in [2.75, 3.05) is 0 Å². The highest BCUT2D eigenvalue weighted by atomic mass is 16.5. The van der Waals surface area contributed by atoms with Gasteiger partial charge in [-0.2, -0.15) is 0 Å². The number of nitrogens with zero attached hydrogens (tertiary/aromatic N) is 1. The van der Waals surface area contributed by atoms with Gasteiger partial charge in [-0.05, 0) is 31.4 Å². The van der Waals surface area contributed by atoms with Gasteiger partial charge in [-0.15, -0.1) is 0 Å². The van der Waals surface area contributed by atoms with Crippen LogP contribution < -0.4 is 0 Å². The van der Waals surface area contributed by atoms with Gasteiger partial charge in [0.25, 0.3) is 0 Å². The number of hydrogen-bond donors (Lipinski definition) is 0. The average molecular weight is 201 g/mol. The Balaban J connectivity index is 2.63. The second-order valence-electron chi connectivity index (χ2n) is 3.73. The van der Waals surface area contributed by atoms with E-state index in [1.54, 1.807) is 0 Å². The summed E-state index contributed by atoms with van der Waals surface area (Å²) in [5.41, 5.74) is 4.70. The van der Waals surface area contributed by atoms with E-state index in [1.165, 1.54) is 11.1 Å². The molecule has 78 valence electrons. The van der Waals surface area contributed by atoms with Crippen LogP contribution in [0.4, 0.5) is 0 Å². The fourth-order valence-corrected chi connectivity index (χ4v) is 1.86. The molecule has 0 unspecified atom stereocenters. The molecule has 2 rings (SSSR count). The predicted molar refractivity (Wildman–Crippen MR) is 60.8 cm³/mol. The first-order valence-electron chi connectivity index (χ1n) is 5.25. The first-order valence-corrected chi connectivity index (χ1v) is 5.25. The number of rotatable bonds is 2. The molecule has 2 heteroatoms. The molecule has 0 aliphatic rings. The highest BCUT2D eigenvalue weighted by Crippen LogP contribution is 2.29. The lowest BCUT2D eigenvalue weighted by Crippen LogP contribution is -1.88.